The van der Waals surface area contributed by atoms with Crippen molar-refractivity contribution in [2.45, 2.75) is 116 Å². The van der Waals surface area contributed by atoms with Gasteiger partial charge in [0, 0.05) is 102 Å². The first kappa shape index (κ1) is 58.0. The summed E-state index contributed by atoms with van der Waals surface area (Å²) in [5.41, 5.74) is 7.48. The molecule has 24 heteroatoms. The van der Waals surface area contributed by atoms with Crippen LogP contribution in [0.1, 0.15) is 102 Å². The zero-order valence-electron chi connectivity index (χ0n) is 40.0. The number of carbonyl (C=O) groups excluding carboxylic acids is 3. The molecule has 0 unspecified atom stereocenters. The Bertz CT molecular complexity index is 2080. The number of hydrogen-bond donors (Lipinski definition) is 3. The molecule has 0 bridgehead atoms. The number of nitrogens with one attached hydrogen (secondary N) is 1. The van der Waals surface area contributed by atoms with Crippen LogP contribution in [0.2, 0.25) is 0 Å². The maximum absolute atomic E-state index is 12.5. The van der Waals surface area contributed by atoms with Crippen molar-refractivity contribution in [3.8, 4) is 12.0 Å². The van der Waals surface area contributed by atoms with E-state index in [1.165, 1.54) is 21.1 Å². The van der Waals surface area contributed by atoms with E-state index in [0.29, 0.717) is 116 Å². The summed E-state index contributed by atoms with van der Waals surface area (Å²) in [7, 11) is -6.32. The molecule has 4 aliphatic rings. The van der Waals surface area contributed by atoms with Gasteiger partial charge in [-0.1, -0.05) is 13.8 Å². The van der Waals surface area contributed by atoms with Crippen LogP contribution in [-0.2, 0) is 52.1 Å². The third-order valence-corrected chi connectivity index (χ3v) is 15.0. The van der Waals surface area contributed by atoms with Crippen LogP contribution < -0.4 is 20.5 Å². The highest BCUT2D eigenvalue weighted by Crippen LogP contribution is 2.28. The largest absolute Gasteiger partial charge is 0.481 e. The SMILES string of the molecule is CCc1cnc(OC2CCC(C(=O)NCCCC(=O)N3CCN(S(C)(=O)=O)CC3)CC2)nc1.CCc1cnc(OC2CCC(C(=O)O)CC2)nc1.CS(=O)(=O)N1CCN(C(=O)CCCN)CC1.Cl. The van der Waals surface area contributed by atoms with E-state index in [1.807, 2.05) is 13.8 Å². The minimum Gasteiger partial charge on any atom is -0.481 e. The highest BCUT2D eigenvalue weighted by Gasteiger charge is 2.30. The predicted molar refractivity (Wildman–Crippen MR) is 257 cm³/mol. The number of sulfonamides is 2. The molecule has 4 heterocycles. The van der Waals surface area contributed by atoms with Gasteiger partial charge in [0.2, 0.25) is 37.8 Å². The van der Waals surface area contributed by atoms with E-state index in [-0.39, 0.29) is 54.2 Å². The number of nitrogens with zero attached hydrogens (tertiary/aromatic N) is 8. The molecular formula is C44H73ClN10O11S2. The summed E-state index contributed by atoms with van der Waals surface area (Å²) in [5, 5.41) is 11.9. The normalized spacial score (nSPS) is 21.4. The topological polar surface area (TPSA) is 278 Å². The lowest BCUT2D eigenvalue weighted by molar-refractivity contribution is -0.143. The lowest BCUT2D eigenvalue weighted by atomic mass is 9.87. The fourth-order valence-electron chi connectivity index (χ4n) is 8.04. The maximum atomic E-state index is 12.5. The zero-order valence-corrected chi connectivity index (χ0v) is 42.4. The number of hydrogen-bond acceptors (Lipinski definition) is 15. The molecule has 4 fully saturated rings. The monoisotopic (exact) mass is 1020 g/mol. The van der Waals surface area contributed by atoms with Gasteiger partial charge in [-0.2, -0.15) is 8.61 Å². The number of ether oxygens (including phenoxy) is 2. The van der Waals surface area contributed by atoms with Crippen LogP contribution in [0.3, 0.4) is 0 Å². The van der Waals surface area contributed by atoms with Crippen LogP contribution in [0.15, 0.2) is 24.8 Å². The van der Waals surface area contributed by atoms with Gasteiger partial charge in [0.1, 0.15) is 12.2 Å². The Kier molecular flexibility index (Phi) is 24.8. The molecule has 2 aromatic rings. The van der Waals surface area contributed by atoms with Crippen molar-refractivity contribution in [2.24, 2.45) is 17.6 Å². The number of aryl methyl sites for hydroxylation is 2. The summed E-state index contributed by atoms with van der Waals surface area (Å²) in [4.78, 5) is 67.4. The Labute approximate surface area is 408 Å². The van der Waals surface area contributed by atoms with Gasteiger partial charge < -0.3 is 35.4 Å². The summed E-state index contributed by atoms with van der Waals surface area (Å²) in [6.45, 7) is 8.33. The van der Waals surface area contributed by atoms with Crippen molar-refractivity contribution in [2.75, 3.05) is 78.0 Å². The third-order valence-electron chi connectivity index (χ3n) is 12.4. The molecule has 384 valence electrons. The first-order valence-corrected chi connectivity index (χ1v) is 27.2. The zero-order chi connectivity index (χ0) is 49.0. The van der Waals surface area contributed by atoms with E-state index in [4.69, 9.17) is 20.3 Å². The number of amides is 3. The molecule has 2 saturated carbocycles. The number of halogens is 1. The molecule has 21 nitrogen and oxygen atoms in total. The summed E-state index contributed by atoms with van der Waals surface area (Å²) < 4.78 is 59.9. The Hall–Kier alpha value is -4.29. The lowest BCUT2D eigenvalue weighted by Crippen LogP contribution is -2.50. The van der Waals surface area contributed by atoms with Crippen molar-refractivity contribution in [3.05, 3.63) is 35.9 Å². The first-order valence-electron chi connectivity index (χ1n) is 23.5. The number of nitrogens with two attached hydrogens (primary N) is 1. The Morgan fingerprint density at radius 3 is 1.34 bits per heavy atom. The Morgan fingerprint density at radius 2 is 1.00 bits per heavy atom. The van der Waals surface area contributed by atoms with E-state index >= 15 is 0 Å². The van der Waals surface area contributed by atoms with E-state index in [9.17, 15) is 36.0 Å². The van der Waals surface area contributed by atoms with Gasteiger partial charge in [-0.3, -0.25) is 19.2 Å². The molecule has 0 aromatic carbocycles. The Balaban J connectivity index is 0.000000295. The maximum Gasteiger partial charge on any atom is 0.316 e. The third kappa shape index (κ3) is 20.0. The number of piperazine rings is 2. The number of carboxylic acid groups (broad SMARTS) is 1. The van der Waals surface area contributed by atoms with Crippen LogP contribution in [0.5, 0.6) is 12.0 Å². The van der Waals surface area contributed by atoms with Crippen molar-refractivity contribution >= 4 is 56.1 Å². The summed E-state index contributed by atoms with van der Waals surface area (Å²) >= 11 is 0. The molecule has 6 rings (SSSR count). The average Bonchev–Trinajstić information content (AvgIpc) is 3.33. The molecule has 4 N–H and O–H groups in total. The fraction of sp³-hybridized carbons (Fsp3) is 0.727. The minimum absolute atomic E-state index is 0. The molecule has 2 aliphatic carbocycles. The van der Waals surface area contributed by atoms with Crippen LogP contribution in [0, 0.1) is 11.8 Å². The van der Waals surface area contributed by atoms with Gasteiger partial charge >= 0.3 is 18.0 Å². The highest BCUT2D eigenvalue weighted by molar-refractivity contribution is 7.88. The van der Waals surface area contributed by atoms with Gasteiger partial charge in [-0.15, -0.1) is 12.4 Å². The molecule has 0 atom stereocenters. The minimum atomic E-state index is -3.20. The van der Waals surface area contributed by atoms with E-state index < -0.39 is 26.0 Å². The van der Waals surface area contributed by atoms with Crippen molar-refractivity contribution in [1.29, 1.82) is 0 Å². The fourth-order valence-corrected chi connectivity index (χ4v) is 9.70. The molecule has 0 radical (unpaired) electrons. The smallest absolute Gasteiger partial charge is 0.316 e. The van der Waals surface area contributed by atoms with Crippen molar-refractivity contribution in [3.63, 3.8) is 0 Å². The summed E-state index contributed by atoms with van der Waals surface area (Å²) in [5.74, 6) is -0.840. The summed E-state index contributed by atoms with van der Waals surface area (Å²) in [6, 6.07) is 0.786. The average molecular weight is 1020 g/mol. The van der Waals surface area contributed by atoms with Gasteiger partial charge in [0.05, 0.1) is 18.4 Å². The van der Waals surface area contributed by atoms with E-state index in [2.05, 4.69) is 25.3 Å². The van der Waals surface area contributed by atoms with E-state index in [1.54, 1.807) is 34.6 Å². The molecule has 68 heavy (non-hydrogen) atoms. The second-order valence-electron chi connectivity index (χ2n) is 17.3. The van der Waals surface area contributed by atoms with Crippen LogP contribution >= 0.6 is 12.4 Å². The second kappa shape index (κ2) is 29.0. The molecule has 0 spiro atoms. The number of aliphatic carboxylic acids is 1. The molecule has 2 aromatic heterocycles. The molecule has 3 amide bonds. The van der Waals surface area contributed by atoms with Crippen molar-refractivity contribution < 1.29 is 50.6 Å². The van der Waals surface area contributed by atoms with Gasteiger partial charge in [-0.25, -0.2) is 36.8 Å². The second-order valence-corrected chi connectivity index (χ2v) is 21.3. The van der Waals surface area contributed by atoms with Crippen LogP contribution in [0.4, 0.5) is 0 Å². The molecule has 2 aliphatic heterocycles. The Morgan fingerprint density at radius 1 is 0.632 bits per heavy atom. The first-order chi connectivity index (χ1) is 31.9. The number of carbonyl (C=O) groups is 4. The predicted octanol–water partition coefficient (Wildman–Crippen LogP) is 2.29. The van der Waals surface area contributed by atoms with Crippen LogP contribution in [-0.4, -0.2) is 174 Å². The van der Waals surface area contributed by atoms with Crippen LogP contribution in [0.25, 0.3) is 0 Å². The lowest BCUT2D eigenvalue weighted by Gasteiger charge is -2.33. The molecule has 2 saturated heterocycles. The van der Waals surface area contributed by atoms with E-state index in [0.717, 1.165) is 62.5 Å². The van der Waals surface area contributed by atoms with Gasteiger partial charge in [-0.05, 0) is 94.7 Å². The van der Waals surface area contributed by atoms with Gasteiger partial charge in [0.25, 0.3) is 0 Å². The quantitative estimate of drug-likeness (QED) is 0.192. The number of rotatable bonds is 17. The standard InChI is InChI=1S/C22H35N5O5S.C13H18N2O3.C9H19N3O3S.ClH/c1-3-17-15-24-22(25-16-17)32-19-8-6-18(7-9-19)21(29)23-10-4-5-20(28)26-11-13-27(14-12-26)33(2,30)31;1-2-9-7-14-13(15-8-9)18-11-5-3-10(4-6-11)12(16)17;1-16(14,15)12-7-5-11(6-8-12)9(13)3-2-4-10;/h15-16,18-19H,3-14H2,1-2H3,(H,23,29);7-8,10-11H,2-6H2,1H3,(H,16,17);2-8,10H2,1H3;1H. The van der Waals surface area contributed by atoms with Crippen molar-refractivity contribution in [1.82, 2.24) is 43.7 Å². The highest BCUT2D eigenvalue weighted by atomic mass is 35.5. The number of aromatic nitrogens is 4. The van der Waals surface area contributed by atoms with Gasteiger partial charge in [0.15, 0.2) is 0 Å². The molecular weight excluding hydrogens is 944 g/mol. The summed E-state index contributed by atoms with van der Waals surface area (Å²) in [6.07, 6.45) is 19.4. The number of carboxylic acids is 1.